The molecule has 1 aliphatic rings. The van der Waals surface area contributed by atoms with Crippen LogP contribution in [0.15, 0.2) is 18.2 Å². The minimum Gasteiger partial charge on any atom is -0.490 e. The smallest absolute Gasteiger partial charge is 0.314 e. The maximum absolute atomic E-state index is 11.9. The van der Waals surface area contributed by atoms with Crippen molar-refractivity contribution in [1.82, 2.24) is 10.6 Å². The summed E-state index contributed by atoms with van der Waals surface area (Å²) in [6, 6.07) is 5.81. The second-order valence-corrected chi connectivity index (χ2v) is 6.09. The second-order valence-electron chi connectivity index (χ2n) is 6.09. The number of nitrogens with one attached hydrogen (secondary N) is 2. The van der Waals surface area contributed by atoms with Gasteiger partial charge >= 0.3 is 6.03 Å². The highest BCUT2D eigenvalue weighted by molar-refractivity contribution is 5.73. The van der Waals surface area contributed by atoms with Gasteiger partial charge in [-0.1, -0.05) is 6.07 Å². The van der Waals surface area contributed by atoms with Crippen LogP contribution in [0.2, 0.25) is 0 Å². The Morgan fingerprint density at radius 2 is 1.84 bits per heavy atom. The molecule has 1 heterocycles. The van der Waals surface area contributed by atoms with E-state index in [1.165, 1.54) is 0 Å². The van der Waals surface area contributed by atoms with Gasteiger partial charge in [0, 0.05) is 26.3 Å². The van der Waals surface area contributed by atoms with Crippen LogP contribution in [0, 0.1) is 5.92 Å². The molecule has 2 amide bonds. The SMILES string of the molecule is CCOc1ccc(CCNC(=O)NCC2CCOCC2)cc1OCC. The Hall–Kier alpha value is -1.95. The fraction of sp³-hybridized carbons (Fsp3) is 0.632. The Kier molecular flexibility index (Phi) is 8.39. The third-order valence-corrected chi connectivity index (χ3v) is 4.20. The Morgan fingerprint density at radius 1 is 1.12 bits per heavy atom. The average Bonchev–Trinajstić information content (AvgIpc) is 2.63. The predicted octanol–water partition coefficient (Wildman–Crippen LogP) is 2.75. The van der Waals surface area contributed by atoms with Crippen molar-refractivity contribution in [3.8, 4) is 11.5 Å². The Bertz CT molecular complexity index is 530. The summed E-state index contributed by atoms with van der Waals surface area (Å²) < 4.78 is 16.5. The number of carbonyl (C=O) groups excluding carboxylic acids is 1. The zero-order valence-corrected chi connectivity index (χ0v) is 15.3. The zero-order valence-electron chi connectivity index (χ0n) is 15.3. The van der Waals surface area contributed by atoms with Crippen LogP contribution in [0.3, 0.4) is 0 Å². The molecule has 0 unspecified atom stereocenters. The first kappa shape index (κ1) is 19.4. The largest absolute Gasteiger partial charge is 0.490 e. The van der Waals surface area contributed by atoms with E-state index in [2.05, 4.69) is 10.6 Å². The lowest BCUT2D eigenvalue weighted by molar-refractivity contribution is 0.0669. The maximum atomic E-state index is 11.9. The number of ether oxygens (including phenoxy) is 3. The second kappa shape index (κ2) is 10.8. The zero-order chi connectivity index (χ0) is 17.9. The lowest BCUT2D eigenvalue weighted by Gasteiger charge is -2.22. The van der Waals surface area contributed by atoms with Gasteiger partial charge in [0.25, 0.3) is 0 Å². The molecular weight excluding hydrogens is 320 g/mol. The van der Waals surface area contributed by atoms with E-state index in [-0.39, 0.29) is 6.03 Å². The van der Waals surface area contributed by atoms with Crippen molar-refractivity contribution in [2.24, 2.45) is 5.92 Å². The predicted molar refractivity (Wildman–Crippen MR) is 97.4 cm³/mol. The lowest BCUT2D eigenvalue weighted by atomic mass is 10.0. The monoisotopic (exact) mass is 350 g/mol. The van der Waals surface area contributed by atoms with Crippen LogP contribution >= 0.6 is 0 Å². The van der Waals surface area contributed by atoms with E-state index in [1.54, 1.807) is 0 Å². The van der Waals surface area contributed by atoms with E-state index in [0.29, 0.717) is 32.2 Å². The highest BCUT2D eigenvalue weighted by atomic mass is 16.5. The molecule has 0 aromatic heterocycles. The quantitative estimate of drug-likeness (QED) is 0.718. The number of urea groups is 1. The lowest BCUT2D eigenvalue weighted by Crippen LogP contribution is -2.40. The Labute approximate surface area is 150 Å². The van der Waals surface area contributed by atoms with E-state index >= 15 is 0 Å². The van der Waals surface area contributed by atoms with Crippen molar-refractivity contribution in [1.29, 1.82) is 0 Å². The van der Waals surface area contributed by atoms with Crippen molar-refractivity contribution >= 4 is 6.03 Å². The molecule has 0 spiro atoms. The number of rotatable bonds is 9. The van der Waals surface area contributed by atoms with Crippen molar-refractivity contribution < 1.29 is 19.0 Å². The number of hydrogen-bond acceptors (Lipinski definition) is 4. The van der Waals surface area contributed by atoms with Gasteiger partial charge in [-0.05, 0) is 56.7 Å². The number of hydrogen-bond donors (Lipinski definition) is 2. The van der Waals surface area contributed by atoms with Gasteiger partial charge in [0.15, 0.2) is 11.5 Å². The van der Waals surface area contributed by atoms with Crippen LogP contribution in [0.5, 0.6) is 11.5 Å². The molecule has 0 atom stereocenters. The van der Waals surface area contributed by atoms with Crippen LogP contribution in [0.4, 0.5) is 4.79 Å². The van der Waals surface area contributed by atoms with Gasteiger partial charge in [-0.25, -0.2) is 4.79 Å². The molecule has 1 aromatic rings. The molecule has 1 aliphatic heterocycles. The summed E-state index contributed by atoms with van der Waals surface area (Å²) in [6.45, 7) is 8.00. The summed E-state index contributed by atoms with van der Waals surface area (Å²) in [5, 5.41) is 5.85. The normalized spacial score (nSPS) is 14.8. The first-order valence-electron chi connectivity index (χ1n) is 9.20. The molecule has 6 heteroatoms. The molecule has 2 N–H and O–H groups in total. The third-order valence-electron chi connectivity index (χ3n) is 4.20. The van der Waals surface area contributed by atoms with Gasteiger partial charge in [0.05, 0.1) is 13.2 Å². The number of carbonyl (C=O) groups is 1. The summed E-state index contributed by atoms with van der Waals surface area (Å²) in [6.07, 6.45) is 2.79. The third kappa shape index (κ3) is 6.82. The molecule has 0 saturated carbocycles. The molecule has 25 heavy (non-hydrogen) atoms. The minimum atomic E-state index is -0.109. The number of benzene rings is 1. The van der Waals surface area contributed by atoms with Gasteiger partial charge in [-0.15, -0.1) is 0 Å². The van der Waals surface area contributed by atoms with Crippen LogP contribution in [-0.4, -0.2) is 45.5 Å². The van der Waals surface area contributed by atoms with Crippen molar-refractivity contribution in [3.05, 3.63) is 23.8 Å². The molecular formula is C19H30N2O4. The molecule has 1 saturated heterocycles. The first-order valence-corrected chi connectivity index (χ1v) is 9.20. The van der Waals surface area contributed by atoms with E-state index in [4.69, 9.17) is 14.2 Å². The molecule has 6 nitrogen and oxygen atoms in total. The molecule has 1 aromatic carbocycles. The number of amides is 2. The fourth-order valence-electron chi connectivity index (χ4n) is 2.82. The van der Waals surface area contributed by atoms with Gasteiger partial charge in [-0.2, -0.15) is 0 Å². The van der Waals surface area contributed by atoms with Crippen molar-refractivity contribution in [2.75, 3.05) is 39.5 Å². The summed E-state index contributed by atoms with van der Waals surface area (Å²) in [5.41, 5.74) is 1.11. The maximum Gasteiger partial charge on any atom is 0.314 e. The standard InChI is InChI=1S/C19H30N2O4/c1-3-24-17-6-5-15(13-18(17)25-4-2)7-10-20-19(22)21-14-16-8-11-23-12-9-16/h5-6,13,16H,3-4,7-12,14H2,1-2H3,(H2,20,21,22). The van der Waals surface area contributed by atoms with Gasteiger partial charge in [-0.3, -0.25) is 0 Å². The molecule has 0 aliphatic carbocycles. The fourth-order valence-corrected chi connectivity index (χ4v) is 2.82. The molecule has 1 fully saturated rings. The van der Waals surface area contributed by atoms with Gasteiger partial charge in [0.1, 0.15) is 0 Å². The topological polar surface area (TPSA) is 68.8 Å². The van der Waals surface area contributed by atoms with Crippen LogP contribution < -0.4 is 20.1 Å². The highest BCUT2D eigenvalue weighted by Crippen LogP contribution is 2.28. The van der Waals surface area contributed by atoms with E-state index in [0.717, 1.165) is 49.5 Å². The Morgan fingerprint density at radius 3 is 2.56 bits per heavy atom. The average molecular weight is 350 g/mol. The van der Waals surface area contributed by atoms with Gasteiger partial charge in [0.2, 0.25) is 0 Å². The Balaban J connectivity index is 1.72. The van der Waals surface area contributed by atoms with Crippen LogP contribution in [0.1, 0.15) is 32.3 Å². The highest BCUT2D eigenvalue weighted by Gasteiger charge is 2.14. The minimum absolute atomic E-state index is 0.109. The summed E-state index contributed by atoms with van der Waals surface area (Å²) in [4.78, 5) is 11.9. The summed E-state index contributed by atoms with van der Waals surface area (Å²) >= 11 is 0. The molecule has 0 bridgehead atoms. The molecule has 0 radical (unpaired) electrons. The van der Waals surface area contributed by atoms with Crippen LogP contribution in [-0.2, 0) is 11.2 Å². The van der Waals surface area contributed by atoms with Crippen molar-refractivity contribution in [2.45, 2.75) is 33.1 Å². The summed E-state index contributed by atoms with van der Waals surface area (Å²) in [7, 11) is 0. The molecule has 2 rings (SSSR count). The van der Waals surface area contributed by atoms with Crippen LogP contribution in [0.25, 0.3) is 0 Å². The van der Waals surface area contributed by atoms with E-state index in [9.17, 15) is 4.79 Å². The summed E-state index contributed by atoms with van der Waals surface area (Å²) in [5.74, 6) is 2.04. The van der Waals surface area contributed by atoms with Crippen molar-refractivity contribution in [3.63, 3.8) is 0 Å². The van der Waals surface area contributed by atoms with E-state index in [1.807, 2.05) is 32.0 Å². The molecule has 140 valence electrons. The van der Waals surface area contributed by atoms with Gasteiger partial charge < -0.3 is 24.8 Å². The van der Waals surface area contributed by atoms with E-state index < -0.39 is 0 Å². The first-order chi connectivity index (χ1) is 12.2.